The monoisotopic (exact) mass is 471 g/mol. The molecule has 0 aromatic heterocycles. The summed E-state index contributed by atoms with van der Waals surface area (Å²) in [5.74, 6) is -1.06. The van der Waals surface area contributed by atoms with Crippen LogP contribution in [-0.4, -0.2) is 42.5 Å². The van der Waals surface area contributed by atoms with Crippen molar-refractivity contribution in [2.75, 3.05) is 20.8 Å². The second kappa shape index (κ2) is 10.8. The molecule has 2 aromatic rings. The molecule has 1 N–H and O–H groups in total. The zero-order valence-electron chi connectivity index (χ0n) is 19.5. The highest BCUT2D eigenvalue weighted by Crippen LogP contribution is 2.43. The van der Waals surface area contributed by atoms with Gasteiger partial charge in [-0.15, -0.1) is 0 Å². The second-order valence-corrected chi connectivity index (χ2v) is 8.39. The lowest BCUT2D eigenvalue weighted by atomic mass is 9.94. The molecule has 3 rings (SSSR count). The molecule has 0 spiro atoms. The van der Waals surface area contributed by atoms with Crippen molar-refractivity contribution in [3.63, 3.8) is 0 Å². The summed E-state index contributed by atoms with van der Waals surface area (Å²) < 4.78 is 10.7. The minimum Gasteiger partial charge on any atom is -0.507 e. The highest BCUT2D eigenvalue weighted by Gasteiger charge is 2.46. The van der Waals surface area contributed by atoms with E-state index in [1.165, 1.54) is 26.4 Å². The minimum absolute atomic E-state index is 0.0309. The Balaban J connectivity index is 2.20. The van der Waals surface area contributed by atoms with Crippen LogP contribution in [0.2, 0.25) is 5.02 Å². The largest absolute Gasteiger partial charge is 0.507 e. The van der Waals surface area contributed by atoms with E-state index in [1.807, 2.05) is 24.3 Å². The molecule has 0 saturated carbocycles. The number of likely N-dealkylation sites (tertiary alicyclic amines) is 1. The summed E-state index contributed by atoms with van der Waals surface area (Å²) in [4.78, 5) is 27.8. The van der Waals surface area contributed by atoms with Gasteiger partial charge in [-0.1, -0.05) is 62.6 Å². The van der Waals surface area contributed by atoms with Crippen molar-refractivity contribution in [1.29, 1.82) is 0 Å². The SMILES string of the molecule is CCCCCN1C(=O)C(=O)/C(=C(/O)c2cc(OC)c(Cl)cc2OC)C1c1ccc(CC)cc1. The van der Waals surface area contributed by atoms with Crippen LogP contribution in [0.25, 0.3) is 5.76 Å². The van der Waals surface area contributed by atoms with E-state index < -0.39 is 17.7 Å². The molecular weight excluding hydrogens is 442 g/mol. The van der Waals surface area contributed by atoms with E-state index in [1.54, 1.807) is 4.90 Å². The van der Waals surface area contributed by atoms with Crippen LogP contribution in [0.3, 0.4) is 0 Å². The Kier molecular flexibility index (Phi) is 8.03. The molecule has 1 atom stereocenters. The number of carbonyl (C=O) groups is 2. The fourth-order valence-electron chi connectivity index (χ4n) is 4.12. The van der Waals surface area contributed by atoms with Crippen LogP contribution < -0.4 is 9.47 Å². The molecule has 33 heavy (non-hydrogen) atoms. The Hall–Kier alpha value is -2.99. The number of hydrogen-bond acceptors (Lipinski definition) is 5. The number of aryl methyl sites for hydroxylation is 1. The zero-order valence-corrected chi connectivity index (χ0v) is 20.2. The van der Waals surface area contributed by atoms with E-state index in [9.17, 15) is 14.7 Å². The van der Waals surface area contributed by atoms with Gasteiger partial charge in [0.05, 0.1) is 36.4 Å². The van der Waals surface area contributed by atoms with Crippen molar-refractivity contribution in [2.24, 2.45) is 0 Å². The van der Waals surface area contributed by atoms with Crippen molar-refractivity contribution in [1.82, 2.24) is 4.90 Å². The topological polar surface area (TPSA) is 76.1 Å². The third-order valence-electron chi connectivity index (χ3n) is 5.98. The summed E-state index contributed by atoms with van der Waals surface area (Å²) >= 11 is 6.21. The van der Waals surface area contributed by atoms with Gasteiger partial charge in [-0.05, 0) is 30.0 Å². The maximum atomic E-state index is 13.2. The van der Waals surface area contributed by atoms with Crippen LogP contribution in [0.5, 0.6) is 11.5 Å². The maximum absolute atomic E-state index is 13.2. The molecule has 0 aliphatic carbocycles. The quantitative estimate of drug-likeness (QED) is 0.225. The number of aliphatic hydroxyl groups is 1. The van der Waals surface area contributed by atoms with E-state index in [0.717, 1.165) is 36.8 Å². The predicted molar refractivity (Wildman–Crippen MR) is 129 cm³/mol. The highest BCUT2D eigenvalue weighted by molar-refractivity contribution is 6.46. The van der Waals surface area contributed by atoms with Gasteiger partial charge >= 0.3 is 0 Å². The van der Waals surface area contributed by atoms with Crippen LogP contribution in [0.1, 0.15) is 55.8 Å². The van der Waals surface area contributed by atoms with Gasteiger partial charge in [0.1, 0.15) is 17.3 Å². The molecule has 2 aromatic carbocycles. The molecule has 6 nitrogen and oxygen atoms in total. The lowest BCUT2D eigenvalue weighted by molar-refractivity contribution is -0.139. The van der Waals surface area contributed by atoms with Crippen LogP contribution in [0, 0.1) is 0 Å². The minimum atomic E-state index is -0.718. The van der Waals surface area contributed by atoms with Crippen LogP contribution in [0.4, 0.5) is 0 Å². The Morgan fingerprint density at radius 1 is 1.03 bits per heavy atom. The average molecular weight is 472 g/mol. The first kappa shape index (κ1) is 24.6. The molecule has 1 heterocycles. The number of nitrogens with zero attached hydrogens (tertiary/aromatic N) is 1. The van der Waals surface area contributed by atoms with Gasteiger partial charge in [-0.25, -0.2) is 0 Å². The van der Waals surface area contributed by atoms with Crippen LogP contribution in [0.15, 0.2) is 42.0 Å². The number of benzene rings is 2. The fourth-order valence-corrected chi connectivity index (χ4v) is 4.35. The summed E-state index contributed by atoms with van der Waals surface area (Å²) in [6.45, 7) is 4.57. The number of Topliss-reactive ketones (excluding diaryl/α,β-unsaturated/α-hetero) is 1. The van der Waals surface area contributed by atoms with Gasteiger partial charge in [0.2, 0.25) is 0 Å². The number of ketones is 1. The van der Waals surface area contributed by atoms with Gasteiger partial charge in [-0.2, -0.15) is 0 Å². The molecule has 176 valence electrons. The summed E-state index contributed by atoms with van der Waals surface area (Å²) in [6, 6.07) is 10.1. The number of unbranched alkanes of at least 4 members (excludes halogenated alkanes) is 2. The Bertz CT molecular complexity index is 1060. The summed E-state index contributed by atoms with van der Waals surface area (Å²) in [6.07, 6.45) is 3.57. The second-order valence-electron chi connectivity index (χ2n) is 7.98. The molecule has 1 fully saturated rings. The number of carbonyl (C=O) groups excluding carboxylic acids is 2. The third kappa shape index (κ3) is 4.86. The Morgan fingerprint density at radius 2 is 1.70 bits per heavy atom. The third-order valence-corrected chi connectivity index (χ3v) is 6.27. The number of aliphatic hydroxyl groups excluding tert-OH is 1. The molecule has 0 radical (unpaired) electrons. The summed E-state index contributed by atoms with van der Waals surface area (Å²) in [5.41, 5.74) is 2.18. The summed E-state index contributed by atoms with van der Waals surface area (Å²) in [7, 11) is 2.90. The van der Waals surface area contributed by atoms with Gasteiger partial charge in [0.25, 0.3) is 11.7 Å². The van der Waals surface area contributed by atoms with Gasteiger partial charge in [0.15, 0.2) is 0 Å². The van der Waals surface area contributed by atoms with E-state index in [2.05, 4.69) is 13.8 Å². The molecule has 1 unspecified atom stereocenters. The summed E-state index contributed by atoms with van der Waals surface area (Å²) in [5, 5.41) is 11.7. The van der Waals surface area contributed by atoms with Crippen molar-refractivity contribution < 1.29 is 24.2 Å². The molecule has 1 saturated heterocycles. The first-order valence-electron chi connectivity index (χ1n) is 11.2. The van der Waals surface area contributed by atoms with E-state index in [-0.39, 0.29) is 22.6 Å². The lowest BCUT2D eigenvalue weighted by Crippen LogP contribution is -2.30. The van der Waals surface area contributed by atoms with Crippen molar-refractivity contribution >= 4 is 29.1 Å². The van der Waals surface area contributed by atoms with Gasteiger partial charge < -0.3 is 19.5 Å². The average Bonchev–Trinajstić information content (AvgIpc) is 3.08. The molecule has 7 heteroatoms. The van der Waals surface area contributed by atoms with E-state index in [4.69, 9.17) is 21.1 Å². The highest BCUT2D eigenvalue weighted by atomic mass is 35.5. The molecule has 0 bridgehead atoms. The van der Waals surface area contributed by atoms with Crippen molar-refractivity contribution in [3.05, 3.63) is 63.7 Å². The first-order chi connectivity index (χ1) is 15.9. The molecule has 1 amide bonds. The number of methoxy groups -OCH3 is 2. The number of halogens is 1. The maximum Gasteiger partial charge on any atom is 0.295 e. The zero-order chi connectivity index (χ0) is 24.1. The fraction of sp³-hybridized carbons (Fsp3) is 0.385. The van der Waals surface area contributed by atoms with E-state index >= 15 is 0 Å². The number of rotatable bonds is 9. The first-order valence-corrected chi connectivity index (χ1v) is 11.5. The smallest absolute Gasteiger partial charge is 0.295 e. The van der Waals surface area contributed by atoms with Crippen LogP contribution >= 0.6 is 11.6 Å². The Morgan fingerprint density at radius 3 is 2.27 bits per heavy atom. The molecule has 1 aliphatic rings. The van der Waals surface area contributed by atoms with Gasteiger partial charge in [-0.3, -0.25) is 9.59 Å². The Labute approximate surface area is 199 Å². The van der Waals surface area contributed by atoms with E-state index in [0.29, 0.717) is 17.3 Å². The normalized spacial score (nSPS) is 17.5. The standard InChI is InChI=1S/C26H30ClNO5/c1-5-7-8-13-28-23(17-11-9-16(6-2)10-12-17)22(25(30)26(28)31)24(29)18-14-21(33-4)19(27)15-20(18)32-3/h9-12,14-15,23,29H,5-8,13H2,1-4H3/b24-22+. The number of hydrogen-bond donors (Lipinski definition) is 1. The predicted octanol–water partition coefficient (Wildman–Crippen LogP) is 5.53. The number of ether oxygens (including phenoxy) is 2. The van der Waals surface area contributed by atoms with Crippen LogP contribution in [-0.2, 0) is 16.0 Å². The number of amides is 1. The lowest BCUT2D eigenvalue weighted by Gasteiger charge is -2.25. The molecule has 1 aliphatic heterocycles. The van der Waals surface area contributed by atoms with Crippen molar-refractivity contribution in [2.45, 2.75) is 45.6 Å². The van der Waals surface area contributed by atoms with Gasteiger partial charge in [0, 0.05) is 12.6 Å². The van der Waals surface area contributed by atoms with Crippen molar-refractivity contribution in [3.8, 4) is 11.5 Å². The molecular formula is C26H30ClNO5.